The maximum Gasteiger partial charge on any atom is 0.315 e. The molecule has 0 aliphatic carbocycles. The molecule has 2 aliphatic heterocycles. The van der Waals surface area contributed by atoms with Gasteiger partial charge in [-0.25, -0.2) is 9.78 Å². The van der Waals surface area contributed by atoms with Gasteiger partial charge in [-0.05, 0) is 24.6 Å². The molecule has 0 spiro atoms. The van der Waals surface area contributed by atoms with Gasteiger partial charge in [-0.3, -0.25) is 0 Å². The molecule has 2 N–H and O–H groups in total. The van der Waals surface area contributed by atoms with Crippen molar-refractivity contribution in [3.63, 3.8) is 0 Å². The van der Waals surface area contributed by atoms with E-state index in [1.165, 1.54) is 0 Å². The van der Waals surface area contributed by atoms with Crippen LogP contribution in [0.5, 0.6) is 0 Å². The Morgan fingerprint density at radius 2 is 2.12 bits per heavy atom. The Hall–Kier alpha value is -1.86. The van der Waals surface area contributed by atoms with E-state index in [9.17, 15) is 4.79 Å². The maximum absolute atomic E-state index is 11.9. The first-order valence-electron chi connectivity index (χ1n) is 9.26. The van der Waals surface area contributed by atoms with E-state index in [0.717, 1.165) is 63.7 Å². The summed E-state index contributed by atoms with van der Waals surface area (Å²) in [5.41, 5.74) is 1.01. The average molecular weight is 347 g/mol. The van der Waals surface area contributed by atoms with Crippen LogP contribution in [0.25, 0.3) is 0 Å². The number of nitrogens with zero attached hydrogens (tertiary/aromatic N) is 3. The van der Waals surface area contributed by atoms with Gasteiger partial charge < -0.3 is 25.2 Å². The largest absolute Gasteiger partial charge is 0.381 e. The fourth-order valence-corrected chi connectivity index (χ4v) is 3.23. The molecule has 2 aliphatic rings. The van der Waals surface area contributed by atoms with Crippen molar-refractivity contribution in [2.24, 2.45) is 5.92 Å². The third-order valence-electron chi connectivity index (χ3n) is 4.98. The number of nitrogens with one attached hydrogen (secondary N) is 2. The summed E-state index contributed by atoms with van der Waals surface area (Å²) in [7, 11) is 0. The van der Waals surface area contributed by atoms with E-state index in [2.05, 4.69) is 32.3 Å². The fourth-order valence-electron chi connectivity index (χ4n) is 3.23. The van der Waals surface area contributed by atoms with Crippen molar-refractivity contribution < 1.29 is 9.53 Å². The Labute approximate surface area is 149 Å². The second-order valence-electron chi connectivity index (χ2n) is 6.74. The van der Waals surface area contributed by atoms with Gasteiger partial charge in [-0.2, -0.15) is 0 Å². The van der Waals surface area contributed by atoms with Crippen LogP contribution in [0, 0.1) is 5.92 Å². The van der Waals surface area contributed by atoms with Crippen LogP contribution < -0.4 is 15.5 Å². The van der Waals surface area contributed by atoms with E-state index in [1.807, 2.05) is 18.3 Å². The van der Waals surface area contributed by atoms with Gasteiger partial charge in [0, 0.05) is 58.0 Å². The molecule has 7 heteroatoms. The highest BCUT2D eigenvalue weighted by Gasteiger charge is 2.17. The lowest BCUT2D eigenvalue weighted by Gasteiger charge is -2.34. The number of carbonyl (C=O) groups excluding carboxylic acids is 1. The number of rotatable bonds is 6. The van der Waals surface area contributed by atoms with Gasteiger partial charge in [0.25, 0.3) is 0 Å². The average Bonchev–Trinajstić information content (AvgIpc) is 3.19. The highest BCUT2D eigenvalue weighted by Crippen LogP contribution is 2.14. The van der Waals surface area contributed by atoms with Gasteiger partial charge in [-0.1, -0.05) is 13.0 Å². The number of carbonyl (C=O) groups is 1. The Bertz CT molecular complexity index is 537. The van der Waals surface area contributed by atoms with Crippen molar-refractivity contribution in [1.29, 1.82) is 0 Å². The first-order valence-corrected chi connectivity index (χ1v) is 9.26. The molecule has 0 unspecified atom stereocenters. The molecule has 1 aromatic rings. The summed E-state index contributed by atoms with van der Waals surface area (Å²) in [4.78, 5) is 21.2. The lowest BCUT2D eigenvalue weighted by atomic mass is 10.1. The predicted octanol–water partition coefficient (Wildman–Crippen LogP) is 1.06. The number of anilines is 1. The van der Waals surface area contributed by atoms with Gasteiger partial charge in [0.05, 0.1) is 6.61 Å². The predicted molar refractivity (Wildman–Crippen MR) is 97.7 cm³/mol. The topological polar surface area (TPSA) is 69.7 Å². The summed E-state index contributed by atoms with van der Waals surface area (Å²) in [5.74, 6) is 1.46. The summed E-state index contributed by atoms with van der Waals surface area (Å²) in [5, 5.41) is 5.79. The van der Waals surface area contributed by atoms with Crippen LogP contribution in [-0.2, 0) is 11.3 Å². The quantitative estimate of drug-likeness (QED) is 0.805. The number of aromatic nitrogens is 1. The third-order valence-corrected chi connectivity index (χ3v) is 4.98. The van der Waals surface area contributed by atoms with E-state index in [4.69, 9.17) is 4.74 Å². The minimum absolute atomic E-state index is 0.133. The highest BCUT2D eigenvalue weighted by molar-refractivity contribution is 5.73. The lowest BCUT2D eigenvalue weighted by Crippen LogP contribution is -2.46. The second-order valence-corrected chi connectivity index (χ2v) is 6.74. The molecule has 0 aromatic carbocycles. The number of likely N-dealkylation sites (N-methyl/N-ethyl adjacent to an activating group) is 1. The molecule has 3 rings (SSSR count). The maximum atomic E-state index is 11.9. The standard InChI is InChI=1S/C18H29N5O2/c1-2-22-6-8-23(9-7-22)17-4-3-15(11-19-17)12-20-18(24)21-13-16-5-10-25-14-16/h3-4,11,16H,2,5-10,12-14H2,1H3,(H2,20,21,24)/t16-/m0/s1. The van der Waals surface area contributed by atoms with Crippen molar-refractivity contribution in [2.45, 2.75) is 19.9 Å². The van der Waals surface area contributed by atoms with Gasteiger partial charge in [0.15, 0.2) is 0 Å². The molecular weight excluding hydrogens is 318 g/mol. The molecule has 138 valence electrons. The Morgan fingerprint density at radius 3 is 2.76 bits per heavy atom. The molecule has 2 saturated heterocycles. The van der Waals surface area contributed by atoms with Gasteiger partial charge >= 0.3 is 6.03 Å². The van der Waals surface area contributed by atoms with Crippen molar-refractivity contribution in [1.82, 2.24) is 20.5 Å². The van der Waals surface area contributed by atoms with E-state index in [0.29, 0.717) is 19.0 Å². The Morgan fingerprint density at radius 1 is 1.28 bits per heavy atom. The molecular formula is C18H29N5O2. The zero-order valence-electron chi connectivity index (χ0n) is 15.0. The smallest absolute Gasteiger partial charge is 0.315 e. The number of piperazine rings is 1. The van der Waals surface area contributed by atoms with Crippen LogP contribution in [0.2, 0.25) is 0 Å². The normalized spacial score (nSPS) is 21.3. The van der Waals surface area contributed by atoms with Gasteiger partial charge in [0.2, 0.25) is 0 Å². The fraction of sp³-hybridized carbons (Fsp3) is 0.667. The molecule has 1 atom stereocenters. The molecule has 0 radical (unpaired) electrons. The van der Waals surface area contributed by atoms with Crippen LogP contribution in [0.4, 0.5) is 10.6 Å². The van der Waals surface area contributed by atoms with Crippen molar-refractivity contribution in [3.05, 3.63) is 23.9 Å². The van der Waals surface area contributed by atoms with Crippen molar-refractivity contribution in [2.75, 3.05) is 57.4 Å². The van der Waals surface area contributed by atoms with E-state index < -0.39 is 0 Å². The molecule has 25 heavy (non-hydrogen) atoms. The molecule has 0 bridgehead atoms. The number of urea groups is 1. The highest BCUT2D eigenvalue weighted by atomic mass is 16.5. The van der Waals surface area contributed by atoms with E-state index >= 15 is 0 Å². The number of amides is 2. The zero-order valence-corrected chi connectivity index (χ0v) is 15.0. The molecule has 0 saturated carbocycles. The van der Waals surface area contributed by atoms with Crippen LogP contribution in [0.3, 0.4) is 0 Å². The summed E-state index contributed by atoms with van der Waals surface area (Å²) in [6, 6.07) is 3.96. The van der Waals surface area contributed by atoms with Crippen LogP contribution in [0.15, 0.2) is 18.3 Å². The van der Waals surface area contributed by atoms with Crippen LogP contribution in [-0.4, -0.2) is 68.4 Å². The summed E-state index contributed by atoms with van der Waals surface area (Å²) in [6.45, 7) is 10.3. The second kappa shape index (κ2) is 9.01. The first-order chi connectivity index (χ1) is 12.2. The Kier molecular flexibility index (Phi) is 6.47. The summed E-state index contributed by atoms with van der Waals surface area (Å²) < 4.78 is 5.31. The van der Waals surface area contributed by atoms with E-state index in [-0.39, 0.29) is 6.03 Å². The molecule has 1 aromatic heterocycles. The molecule has 7 nitrogen and oxygen atoms in total. The number of ether oxygens (including phenoxy) is 1. The van der Waals surface area contributed by atoms with Crippen molar-refractivity contribution >= 4 is 11.8 Å². The zero-order chi connectivity index (χ0) is 17.5. The minimum atomic E-state index is -0.133. The third kappa shape index (κ3) is 5.31. The monoisotopic (exact) mass is 347 g/mol. The number of hydrogen-bond donors (Lipinski definition) is 2. The summed E-state index contributed by atoms with van der Waals surface area (Å²) in [6.07, 6.45) is 2.88. The summed E-state index contributed by atoms with van der Waals surface area (Å²) >= 11 is 0. The molecule has 2 amide bonds. The SMILES string of the molecule is CCN1CCN(c2ccc(CNC(=O)NC[C@@H]3CCOC3)cn2)CC1. The Balaban J connectivity index is 1.39. The minimum Gasteiger partial charge on any atom is -0.381 e. The number of hydrogen-bond acceptors (Lipinski definition) is 5. The molecule has 3 heterocycles. The molecule has 2 fully saturated rings. The van der Waals surface area contributed by atoms with Gasteiger partial charge in [-0.15, -0.1) is 0 Å². The van der Waals surface area contributed by atoms with Crippen LogP contribution in [0.1, 0.15) is 18.9 Å². The number of pyridine rings is 1. The van der Waals surface area contributed by atoms with Crippen molar-refractivity contribution in [3.8, 4) is 0 Å². The van der Waals surface area contributed by atoms with E-state index in [1.54, 1.807) is 0 Å². The van der Waals surface area contributed by atoms with Crippen LogP contribution >= 0.6 is 0 Å². The first kappa shape index (κ1) is 17.9. The van der Waals surface area contributed by atoms with Gasteiger partial charge in [0.1, 0.15) is 5.82 Å². The lowest BCUT2D eigenvalue weighted by molar-refractivity contribution is 0.185.